The molecular weight excluding hydrogens is 377 g/mol. The van der Waals surface area contributed by atoms with Gasteiger partial charge in [0.15, 0.2) is 6.35 Å². The maximum absolute atomic E-state index is 12.6. The highest BCUT2D eigenvalue weighted by atomic mass is 32.1. The molecular formula is C17H20NO6PS. The van der Waals surface area contributed by atoms with Crippen LogP contribution in [-0.4, -0.2) is 37.6 Å². The third-order valence-corrected chi connectivity index (χ3v) is 6.51. The first-order chi connectivity index (χ1) is 12.5. The molecule has 0 aliphatic heterocycles. The third-order valence-electron chi connectivity index (χ3n) is 3.92. The highest BCUT2D eigenvalue weighted by Gasteiger charge is 2.31. The second-order valence-electron chi connectivity index (χ2n) is 5.48. The maximum Gasteiger partial charge on any atom is 0.367 e. The van der Waals surface area contributed by atoms with Crippen molar-refractivity contribution in [3.63, 3.8) is 0 Å². The van der Waals surface area contributed by atoms with Gasteiger partial charge in [-0.05, 0) is 31.5 Å². The first kappa shape index (κ1) is 19.0. The second kappa shape index (κ2) is 7.88. The van der Waals surface area contributed by atoms with E-state index in [2.05, 4.69) is 4.98 Å². The molecule has 0 N–H and O–H groups in total. The summed E-state index contributed by atoms with van der Waals surface area (Å²) in [6, 6.07) is 3.32. The number of hydrogen-bond acceptors (Lipinski definition) is 8. The number of methoxy groups -OCH3 is 1. The third kappa shape index (κ3) is 3.55. The molecule has 0 saturated carbocycles. The minimum atomic E-state index is -3.35. The van der Waals surface area contributed by atoms with Crippen molar-refractivity contribution in [3.05, 3.63) is 33.6 Å². The van der Waals surface area contributed by atoms with Crippen LogP contribution in [0.3, 0.4) is 0 Å². The average molecular weight is 397 g/mol. The smallest absolute Gasteiger partial charge is 0.367 e. The summed E-state index contributed by atoms with van der Waals surface area (Å²) in [5, 5.41) is 0. The fourth-order valence-electron chi connectivity index (χ4n) is 2.91. The highest BCUT2D eigenvalue weighted by molar-refractivity contribution is 7.53. The van der Waals surface area contributed by atoms with Crippen LogP contribution in [0.1, 0.15) is 34.6 Å². The number of carbonyl (C=O) groups is 1. The molecule has 3 rings (SSSR count). The quantitative estimate of drug-likeness (QED) is 0.418. The van der Waals surface area contributed by atoms with Crippen LogP contribution < -0.4 is 4.74 Å². The number of aromatic nitrogens is 1. The zero-order valence-corrected chi connectivity index (χ0v) is 16.5. The molecule has 1 heterocycles. The first-order valence-corrected chi connectivity index (χ1v) is 10.8. The summed E-state index contributed by atoms with van der Waals surface area (Å²) < 4.78 is 33.9. The molecule has 0 bridgehead atoms. The fourth-order valence-corrected chi connectivity index (χ4v) is 4.99. The van der Waals surface area contributed by atoms with Gasteiger partial charge in [0.25, 0.3) is 0 Å². The number of esters is 1. The van der Waals surface area contributed by atoms with E-state index in [0.717, 1.165) is 21.7 Å². The molecule has 0 saturated heterocycles. The van der Waals surface area contributed by atoms with Crippen molar-refractivity contribution in [3.8, 4) is 17.0 Å². The lowest BCUT2D eigenvalue weighted by molar-refractivity contribution is 0.0599. The molecule has 0 amide bonds. The van der Waals surface area contributed by atoms with Crippen LogP contribution in [0.2, 0.25) is 0 Å². The van der Waals surface area contributed by atoms with Gasteiger partial charge < -0.3 is 18.5 Å². The molecule has 26 heavy (non-hydrogen) atoms. The monoisotopic (exact) mass is 397 g/mol. The van der Waals surface area contributed by atoms with E-state index in [9.17, 15) is 9.36 Å². The molecule has 0 radical (unpaired) electrons. The van der Waals surface area contributed by atoms with Crippen molar-refractivity contribution in [2.24, 2.45) is 0 Å². The van der Waals surface area contributed by atoms with Gasteiger partial charge in [0.2, 0.25) is 0 Å². The number of rotatable bonds is 8. The van der Waals surface area contributed by atoms with Crippen molar-refractivity contribution in [2.45, 2.75) is 20.3 Å². The Bertz CT molecular complexity index is 855. The van der Waals surface area contributed by atoms with E-state index < -0.39 is 13.6 Å². The molecule has 1 aromatic heterocycles. The van der Waals surface area contributed by atoms with Gasteiger partial charge in [-0.2, -0.15) is 0 Å². The molecule has 9 heteroatoms. The van der Waals surface area contributed by atoms with E-state index in [-0.39, 0.29) is 19.6 Å². The van der Waals surface area contributed by atoms with Crippen molar-refractivity contribution in [1.82, 2.24) is 4.98 Å². The number of fused-ring (bicyclic) bond motifs is 3. The Morgan fingerprint density at radius 3 is 2.65 bits per heavy atom. The Labute approximate surface area is 155 Å². The van der Waals surface area contributed by atoms with Gasteiger partial charge in [0.1, 0.15) is 5.75 Å². The summed E-state index contributed by atoms with van der Waals surface area (Å²) in [5.74, 6) is 0.0918. The molecule has 0 unspecified atom stereocenters. The molecule has 1 aromatic carbocycles. The standard InChI is InChI=1S/C17H20NO6PS/c1-4-23-25(20,24-5-2)10-22-13-7-6-11(17(19)21-3)12-8-14-16(15(12)13)18-9-26-14/h6-7,9H,4-5,8,10H2,1-3H3. The number of benzene rings is 1. The lowest BCUT2D eigenvalue weighted by Crippen LogP contribution is -2.09. The second-order valence-corrected chi connectivity index (χ2v) is 8.41. The van der Waals surface area contributed by atoms with Gasteiger partial charge in [-0.3, -0.25) is 4.57 Å². The van der Waals surface area contributed by atoms with Gasteiger partial charge >= 0.3 is 13.6 Å². The van der Waals surface area contributed by atoms with Gasteiger partial charge in [0, 0.05) is 16.9 Å². The van der Waals surface area contributed by atoms with Crippen LogP contribution in [-0.2, 0) is 24.8 Å². The van der Waals surface area contributed by atoms with Crippen molar-refractivity contribution >= 4 is 24.9 Å². The summed E-state index contributed by atoms with van der Waals surface area (Å²) in [4.78, 5) is 17.5. The zero-order chi connectivity index (χ0) is 18.7. The van der Waals surface area contributed by atoms with Gasteiger partial charge in [0.05, 0.1) is 37.1 Å². The van der Waals surface area contributed by atoms with E-state index in [1.54, 1.807) is 31.5 Å². The Morgan fingerprint density at radius 1 is 1.27 bits per heavy atom. The molecule has 1 aliphatic rings. The fraction of sp³-hybridized carbons (Fsp3) is 0.412. The number of carbonyl (C=O) groups excluding carboxylic acids is 1. The average Bonchev–Trinajstić information content (AvgIpc) is 3.20. The predicted octanol–water partition coefficient (Wildman–Crippen LogP) is 4.10. The Kier molecular flexibility index (Phi) is 5.77. The molecule has 0 atom stereocenters. The van der Waals surface area contributed by atoms with E-state index >= 15 is 0 Å². The van der Waals surface area contributed by atoms with Crippen molar-refractivity contribution in [2.75, 3.05) is 26.7 Å². The van der Waals surface area contributed by atoms with Crippen molar-refractivity contribution < 1.29 is 27.9 Å². The van der Waals surface area contributed by atoms with Crippen LogP contribution in [0.5, 0.6) is 5.75 Å². The van der Waals surface area contributed by atoms with E-state index in [1.807, 2.05) is 0 Å². The summed E-state index contributed by atoms with van der Waals surface area (Å²) in [7, 11) is -2.00. The van der Waals surface area contributed by atoms with Crippen LogP contribution in [0.4, 0.5) is 0 Å². The highest BCUT2D eigenvalue weighted by Crippen LogP contribution is 2.50. The number of thiazole rings is 1. The first-order valence-electron chi connectivity index (χ1n) is 8.20. The number of nitrogens with zero attached hydrogens (tertiary/aromatic N) is 1. The maximum atomic E-state index is 12.6. The van der Waals surface area contributed by atoms with Crippen molar-refractivity contribution in [1.29, 1.82) is 0 Å². The molecule has 0 fully saturated rings. The zero-order valence-electron chi connectivity index (χ0n) is 14.8. The van der Waals surface area contributed by atoms with Gasteiger partial charge in [-0.15, -0.1) is 11.3 Å². The SMILES string of the molecule is CCOP(=O)(COc1ccc(C(=O)OC)c2c1-c1ncsc1C2)OCC. The van der Waals surface area contributed by atoms with Crippen LogP contribution in [0.15, 0.2) is 17.6 Å². The molecule has 0 spiro atoms. The van der Waals surface area contributed by atoms with Crippen LogP contribution in [0.25, 0.3) is 11.3 Å². The molecule has 140 valence electrons. The normalized spacial score (nSPS) is 12.6. The Morgan fingerprint density at radius 2 is 2.00 bits per heavy atom. The Hall–Kier alpha value is -1.73. The van der Waals surface area contributed by atoms with E-state index in [4.69, 9.17) is 18.5 Å². The predicted molar refractivity (Wildman–Crippen MR) is 98.0 cm³/mol. The van der Waals surface area contributed by atoms with Gasteiger partial charge in [-0.1, -0.05) is 0 Å². The molecule has 1 aliphatic carbocycles. The lowest BCUT2D eigenvalue weighted by Gasteiger charge is -2.19. The summed E-state index contributed by atoms with van der Waals surface area (Å²) in [6.45, 7) is 4.01. The lowest BCUT2D eigenvalue weighted by atomic mass is 10.0. The van der Waals surface area contributed by atoms with Crippen LogP contribution >= 0.6 is 18.9 Å². The minimum Gasteiger partial charge on any atom is -0.480 e. The largest absolute Gasteiger partial charge is 0.480 e. The van der Waals surface area contributed by atoms with E-state index in [1.165, 1.54) is 18.4 Å². The van der Waals surface area contributed by atoms with Gasteiger partial charge in [-0.25, -0.2) is 9.78 Å². The summed E-state index contributed by atoms with van der Waals surface area (Å²) >= 11 is 1.52. The summed E-state index contributed by atoms with van der Waals surface area (Å²) in [5.41, 5.74) is 4.58. The molecule has 7 nitrogen and oxygen atoms in total. The van der Waals surface area contributed by atoms with Crippen LogP contribution in [0, 0.1) is 0 Å². The van der Waals surface area contributed by atoms with E-state index in [0.29, 0.717) is 17.7 Å². The molecule has 2 aromatic rings. The number of ether oxygens (including phenoxy) is 2. The Balaban J connectivity index is 1.96. The minimum absolute atomic E-state index is 0.210. The topological polar surface area (TPSA) is 84.0 Å². The number of hydrogen-bond donors (Lipinski definition) is 0. The summed E-state index contributed by atoms with van der Waals surface area (Å²) in [6.07, 6.45) is 0.379.